The Hall–Kier alpha value is -2.12. The van der Waals surface area contributed by atoms with Crippen molar-refractivity contribution >= 4 is 23.8 Å². The van der Waals surface area contributed by atoms with Gasteiger partial charge in [0.2, 0.25) is 5.91 Å². The van der Waals surface area contributed by atoms with E-state index in [0.717, 1.165) is 17.7 Å². The highest BCUT2D eigenvalue weighted by Crippen LogP contribution is 2.35. The van der Waals surface area contributed by atoms with Crippen LogP contribution < -0.4 is 5.32 Å². The molecule has 0 aromatic carbocycles. The standard InChI is InChI=1S/C16H23N3O5/c1-10-4-5-11(13(21)22)19(10)12(20)6-9-18-14(23)16(17-15(18)24)7-2-3-8-16/h10-11H,2-9H2,1H3,(H,17,24)(H,21,22)/t10-,11-/m1/s1. The minimum Gasteiger partial charge on any atom is -0.480 e. The molecule has 4 amide bonds. The third kappa shape index (κ3) is 2.63. The van der Waals surface area contributed by atoms with Crippen molar-refractivity contribution in [1.29, 1.82) is 0 Å². The zero-order chi connectivity index (χ0) is 17.5. The van der Waals surface area contributed by atoms with Crippen LogP contribution in [0.3, 0.4) is 0 Å². The van der Waals surface area contributed by atoms with Gasteiger partial charge in [0.05, 0.1) is 0 Å². The number of rotatable bonds is 4. The van der Waals surface area contributed by atoms with E-state index >= 15 is 0 Å². The van der Waals surface area contributed by atoms with Gasteiger partial charge in [0.15, 0.2) is 0 Å². The van der Waals surface area contributed by atoms with Crippen LogP contribution in [0.2, 0.25) is 0 Å². The zero-order valence-corrected chi connectivity index (χ0v) is 13.8. The van der Waals surface area contributed by atoms with Crippen molar-refractivity contribution < 1.29 is 24.3 Å². The predicted octanol–water partition coefficient (Wildman–Crippen LogP) is 0.705. The molecule has 0 unspecified atom stereocenters. The second kappa shape index (κ2) is 6.07. The van der Waals surface area contributed by atoms with Gasteiger partial charge < -0.3 is 15.3 Å². The summed E-state index contributed by atoms with van der Waals surface area (Å²) < 4.78 is 0. The molecule has 2 aliphatic heterocycles. The Morgan fingerprint density at radius 2 is 1.92 bits per heavy atom. The highest BCUT2D eigenvalue weighted by molar-refractivity contribution is 6.07. The first-order valence-corrected chi connectivity index (χ1v) is 8.54. The van der Waals surface area contributed by atoms with Gasteiger partial charge in [0.25, 0.3) is 5.91 Å². The molecule has 2 N–H and O–H groups in total. The Kier molecular flexibility index (Phi) is 4.23. The van der Waals surface area contributed by atoms with Gasteiger partial charge in [-0.15, -0.1) is 0 Å². The van der Waals surface area contributed by atoms with Gasteiger partial charge in [-0.1, -0.05) is 12.8 Å². The normalized spacial score (nSPS) is 28.7. The third-order valence-electron chi connectivity index (χ3n) is 5.49. The fourth-order valence-corrected chi connectivity index (χ4v) is 4.18. The molecule has 2 heterocycles. The summed E-state index contributed by atoms with van der Waals surface area (Å²) in [5.41, 5.74) is -0.773. The van der Waals surface area contributed by atoms with Gasteiger partial charge in [-0.3, -0.25) is 14.5 Å². The average Bonchev–Trinajstić information content (AvgIpc) is 3.19. The molecule has 8 heteroatoms. The SMILES string of the molecule is C[C@@H]1CC[C@H](C(=O)O)N1C(=O)CCN1C(=O)NC2(CCCC2)C1=O. The van der Waals surface area contributed by atoms with Crippen molar-refractivity contribution in [3.63, 3.8) is 0 Å². The number of imide groups is 1. The number of amides is 4. The summed E-state index contributed by atoms with van der Waals surface area (Å²) in [6.07, 6.45) is 4.15. The zero-order valence-electron chi connectivity index (χ0n) is 13.8. The van der Waals surface area contributed by atoms with E-state index in [1.165, 1.54) is 4.90 Å². The van der Waals surface area contributed by atoms with Crippen molar-refractivity contribution in [2.24, 2.45) is 0 Å². The quantitative estimate of drug-likeness (QED) is 0.735. The van der Waals surface area contributed by atoms with E-state index in [0.29, 0.717) is 25.7 Å². The number of nitrogens with one attached hydrogen (secondary N) is 1. The number of carboxylic acids is 1. The summed E-state index contributed by atoms with van der Waals surface area (Å²) in [5, 5.41) is 12.0. The van der Waals surface area contributed by atoms with Crippen LogP contribution in [0.4, 0.5) is 4.79 Å². The summed E-state index contributed by atoms with van der Waals surface area (Å²) in [6.45, 7) is 1.82. The fraction of sp³-hybridized carbons (Fsp3) is 0.750. The van der Waals surface area contributed by atoms with Crippen LogP contribution in [0.5, 0.6) is 0 Å². The smallest absolute Gasteiger partial charge is 0.326 e. The van der Waals surface area contributed by atoms with E-state index in [2.05, 4.69) is 5.32 Å². The van der Waals surface area contributed by atoms with E-state index < -0.39 is 23.6 Å². The third-order valence-corrected chi connectivity index (χ3v) is 5.49. The number of hydrogen-bond acceptors (Lipinski definition) is 4. The minimum atomic E-state index is -1.01. The Morgan fingerprint density at radius 1 is 1.25 bits per heavy atom. The van der Waals surface area contributed by atoms with Gasteiger partial charge >= 0.3 is 12.0 Å². The van der Waals surface area contributed by atoms with Crippen molar-refractivity contribution in [3.8, 4) is 0 Å². The number of urea groups is 1. The highest BCUT2D eigenvalue weighted by atomic mass is 16.4. The second-order valence-electron chi connectivity index (χ2n) is 7.01. The molecule has 8 nitrogen and oxygen atoms in total. The number of likely N-dealkylation sites (tertiary alicyclic amines) is 1. The van der Waals surface area contributed by atoms with E-state index in [1.54, 1.807) is 0 Å². The molecule has 3 aliphatic rings. The lowest BCUT2D eigenvalue weighted by atomic mass is 9.98. The number of aliphatic carboxylic acids is 1. The molecule has 2 atom stereocenters. The largest absolute Gasteiger partial charge is 0.480 e. The monoisotopic (exact) mass is 337 g/mol. The molecular weight excluding hydrogens is 314 g/mol. The van der Waals surface area contributed by atoms with Crippen LogP contribution >= 0.6 is 0 Å². The molecule has 1 saturated carbocycles. The molecule has 0 aromatic heterocycles. The van der Waals surface area contributed by atoms with Crippen LogP contribution in [0.15, 0.2) is 0 Å². The molecule has 1 spiro atoms. The lowest BCUT2D eigenvalue weighted by Crippen LogP contribution is -2.46. The van der Waals surface area contributed by atoms with E-state index in [-0.39, 0.29) is 30.8 Å². The molecular formula is C16H23N3O5. The van der Waals surface area contributed by atoms with Gasteiger partial charge in [-0.05, 0) is 32.6 Å². The summed E-state index contributed by atoms with van der Waals surface area (Å²) >= 11 is 0. The number of carbonyl (C=O) groups is 4. The first-order valence-electron chi connectivity index (χ1n) is 8.54. The Labute approximate surface area is 140 Å². The molecule has 24 heavy (non-hydrogen) atoms. The maximum Gasteiger partial charge on any atom is 0.326 e. The van der Waals surface area contributed by atoms with Crippen molar-refractivity contribution in [3.05, 3.63) is 0 Å². The molecule has 3 fully saturated rings. The topological polar surface area (TPSA) is 107 Å². The van der Waals surface area contributed by atoms with Crippen molar-refractivity contribution in [2.75, 3.05) is 6.54 Å². The van der Waals surface area contributed by atoms with E-state index in [1.807, 2.05) is 6.92 Å². The molecule has 3 rings (SSSR count). The summed E-state index contributed by atoms with van der Waals surface area (Å²) in [7, 11) is 0. The van der Waals surface area contributed by atoms with Crippen LogP contribution in [0.1, 0.15) is 51.9 Å². The Morgan fingerprint density at radius 3 is 2.54 bits per heavy atom. The van der Waals surface area contributed by atoms with E-state index in [4.69, 9.17) is 0 Å². The maximum absolute atomic E-state index is 12.5. The van der Waals surface area contributed by atoms with Crippen LogP contribution in [0.25, 0.3) is 0 Å². The van der Waals surface area contributed by atoms with E-state index in [9.17, 15) is 24.3 Å². The van der Waals surface area contributed by atoms with Crippen molar-refractivity contribution in [2.45, 2.75) is 69.5 Å². The average molecular weight is 337 g/mol. The van der Waals surface area contributed by atoms with Crippen LogP contribution in [-0.4, -0.2) is 62.9 Å². The maximum atomic E-state index is 12.5. The highest BCUT2D eigenvalue weighted by Gasteiger charge is 2.52. The predicted molar refractivity (Wildman–Crippen MR) is 83.0 cm³/mol. The molecule has 132 valence electrons. The van der Waals surface area contributed by atoms with Gasteiger partial charge in [0.1, 0.15) is 11.6 Å². The molecule has 0 bridgehead atoms. The number of carbonyl (C=O) groups excluding carboxylic acids is 3. The Bertz CT molecular complexity index is 584. The molecule has 2 saturated heterocycles. The van der Waals surface area contributed by atoms with Crippen molar-refractivity contribution in [1.82, 2.24) is 15.1 Å². The summed E-state index contributed by atoms with van der Waals surface area (Å²) in [4.78, 5) is 50.8. The first kappa shape index (κ1) is 16.7. The summed E-state index contributed by atoms with van der Waals surface area (Å²) in [5.74, 6) is -1.57. The minimum absolute atomic E-state index is 0.000803. The van der Waals surface area contributed by atoms with Crippen LogP contribution in [0, 0.1) is 0 Å². The fourth-order valence-electron chi connectivity index (χ4n) is 4.18. The lowest BCUT2D eigenvalue weighted by Gasteiger charge is -2.27. The lowest BCUT2D eigenvalue weighted by molar-refractivity contribution is -0.149. The van der Waals surface area contributed by atoms with Crippen LogP contribution in [-0.2, 0) is 14.4 Å². The van der Waals surface area contributed by atoms with Gasteiger partial charge in [-0.2, -0.15) is 0 Å². The molecule has 0 aromatic rings. The number of carboxylic acid groups (broad SMARTS) is 1. The first-order chi connectivity index (χ1) is 11.4. The molecule has 0 radical (unpaired) electrons. The number of hydrogen-bond donors (Lipinski definition) is 2. The number of nitrogens with zero attached hydrogens (tertiary/aromatic N) is 2. The summed E-state index contributed by atoms with van der Waals surface area (Å²) in [6, 6.07) is -1.39. The molecule has 1 aliphatic carbocycles. The Balaban J connectivity index is 1.63. The second-order valence-corrected chi connectivity index (χ2v) is 7.01. The van der Waals surface area contributed by atoms with Gasteiger partial charge in [0, 0.05) is 19.0 Å². The van der Waals surface area contributed by atoms with Gasteiger partial charge in [-0.25, -0.2) is 9.59 Å².